The fourth-order valence-corrected chi connectivity index (χ4v) is 5.35. The number of para-hydroxylation sites is 1. The van der Waals surface area contributed by atoms with E-state index in [2.05, 4.69) is 11.4 Å². The van der Waals surface area contributed by atoms with Crippen LogP contribution < -0.4 is 10.1 Å². The van der Waals surface area contributed by atoms with E-state index in [9.17, 15) is 9.59 Å². The van der Waals surface area contributed by atoms with Gasteiger partial charge in [-0.1, -0.05) is 26.0 Å². The van der Waals surface area contributed by atoms with Crippen LogP contribution >= 0.6 is 11.3 Å². The van der Waals surface area contributed by atoms with Crippen LogP contribution in [-0.2, 0) is 4.79 Å². The number of nitrogens with one attached hydrogen (secondary N) is 1. The lowest BCUT2D eigenvalue weighted by atomic mass is 9.95. The molecule has 0 spiro atoms. The summed E-state index contributed by atoms with van der Waals surface area (Å²) in [6.07, 6.45) is 1.78. The molecule has 0 bridgehead atoms. The van der Waals surface area contributed by atoms with Crippen LogP contribution in [0.2, 0.25) is 0 Å². The molecule has 7 heteroatoms. The summed E-state index contributed by atoms with van der Waals surface area (Å²) < 4.78 is 6.65. The quantitative estimate of drug-likeness (QED) is 0.541. The van der Waals surface area contributed by atoms with Gasteiger partial charge < -0.3 is 15.0 Å². The van der Waals surface area contributed by atoms with Crippen molar-refractivity contribution in [2.45, 2.75) is 45.6 Å². The standard InChI is InChI=1S/C26H31N3O3S/c1-4-32-20-11-9-18(10-12-20)24(30)28-23(17(2)3)26(31)29-15-13-19(14-16-29)25-27-21-7-5-6-8-22(21)33-25/h5-12,17,19,23H,4,13-16H2,1-3H3,(H,28,30). The largest absolute Gasteiger partial charge is 0.494 e. The third kappa shape index (κ3) is 5.36. The van der Waals surface area contributed by atoms with Crippen molar-refractivity contribution in [1.82, 2.24) is 15.2 Å². The fraction of sp³-hybridized carbons (Fsp3) is 0.423. The molecule has 2 amide bonds. The molecular formula is C26H31N3O3S. The van der Waals surface area contributed by atoms with Gasteiger partial charge in [0.2, 0.25) is 5.91 Å². The van der Waals surface area contributed by atoms with Crippen molar-refractivity contribution in [2.24, 2.45) is 5.92 Å². The highest BCUT2D eigenvalue weighted by Gasteiger charge is 2.32. The molecule has 0 saturated carbocycles. The van der Waals surface area contributed by atoms with Crippen LogP contribution in [0.4, 0.5) is 0 Å². The van der Waals surface area contributed by atoms with Crippen LogP contribution in [0.5, 0.6) is 5.75 Å². The zero-order valence-corrected chi connectivity index (χ0v) is 20.2. The van der Waals surface area contributed by atoms with E-state index in [1.165, 1.54) is 4.70 Å². The highest BCUT2D eigenvalue weighted by Crippen LogP contribution is 2.34. The van der Waals surface area contributed by atoms with Gasteiger partial charge >= 0.3 is 0 Å². The molecule has 1 N–H and O–H groups in total. The zero-order chi connectivity index (χ0) is 23.4. The highest BCUT2D eigenvalue weighted by molar-refractivity contribution is 7.18. The predicted octanol–water partition coefficient (Wildman–Crippen LogP) is 4.86. The molecule has 1 aliphatic heterocycles. The van der Waals surface area contributed by atoms with E-state index >= 15 is 0 Å². The van der Waals surface area contributed by atoms with Crippen molar-refractivity contribution < 1.29 is 14.3 Å². The minimum Gasteiger partial charge on any atom is -0.494 e. The molecule has 1 unspecified atom stereocenters. The lowest BCUT2D eigenvalue weighted by molar-refractivity contribution is -0.135. The first kappa shape index (κ1) is 23.2. The molecule has 174 valence electrons. The second-order valence-electron chi connectivity index (χ2n) is 8.77. The molecule has 0 aliphatic carbocycles. The number of likely N-dealkylation sites (tertiary alicyclic amines) is 1. The number of benzene rings is 2. The maximum absolute atomic E-state index is 13.3. The first-order valence-corrected chi connectivity index (χ1v) is 12.5. The lowest BCUT2D eigenvalue weighted by Crippen LogP contribution is -2.52. The van der Waals surface area contributed by atoms with Crippen molar-refractivity contribution in [2.75, 3.05) is 19.7 Å². The molecule has 1 aromatic heterocycles. The molecular weight excluding hydrogens is 434 g/mol. The van der Waals surface area contributed by atoms with Crippen molar-refractivity contribution >= 4 is 33.4 Å². The van der Waals surface area contributed by atoms with E-state index in [1.807, 2.05) is 43.9 Å². The maximum Gasteiger partial charge on any atom is 0.251 e. The normalized spacial score (nSPS) is 15.6. The van der Waals surface area contributed by atoms with Crippen LogP contribution in [0.15, 0.2) is 48.5 Å². The molecule has 1 atom stereocenters. The van der Waals surface area contributed by atoms with Crippen molar-refractivity contribution in [3.63, 3.8) is 0 Å². The van der Waals surface area contributed by atoms with Gasteiger partial charge in [0.1, 0.15) is 11.8 Å². The van der Waals surface area contributed by atoms with E-state index in [1.54, 1.807) is 35.6 Å². The van der Waals surface area contributed by atoms with E-state index < -0.39 is 6.04 Å². The highest BCUT2D eigenvalue weighted by atomic mass is 32.1. The SMILES string of the molecule is CCOc1ccc(C(=O)NC(C(=O)N2CCC(c3nc4ccccc4s3)CC2)C(C)C)cc1. The first-order valence-electron chi connectivity index (χ1n) is 11.6. The Morgan fingerprint density at radius 1 is 1.12 bits per heavy atom. The van der Waals surface area contributed by atoms with Gasteiger partial charge in [-0.05, 0) is 62.1 Å². The molecule has 2 aromatic carbocycles. The van der Waals surface area contributed by atoms with Crippen LogP contribution in [0.3, 0.4) is 0 Å². The van der Waals surface area contributed by atoms with Gasteiger partial charge in [-0.2, -0.15) is 0 Å². The second-order valence-corrected chi connectivity index (χ2v) is 9.83. The van der Waals surface area contributed by atoms with Crippen molar-refractivity contribution in [1.29, 1.82) is 0 Å². The van der Waals surface area contributed by atoms with Gasteiger partial charge in [-0.3, -0.25) is 9.59 Å². The van der Waals surface area contributed by atoms with Crippen LogP contribution in [0.25, 0.3) is 10.2 Å². The minimum absolute atomic E-state index is 0.00737. The molecule has 1 aliphatic rings. The number of hydrogen-bond acceptors (Lipinski definition) is 5. The van der Waals surface area contributed by atoms with E-state index in [4.69, 9.17) is 9.72 Å². The molecule has 1 fully saturated rings. The molecule has 6 nitrogen and oxygen atoms in total. The summed E-state index contributed by atoms with van der Waals surface area (Å²) in [5.74, 6) is 0.844. The Labute approximate surface area is 199 Å². The summed E-state index contributed by atoms with van der Waals surface area (Å²) in [7, 11) is 0. The minimum atomic E-state index is -0.553. The predicted molar refractivity (Wildman–Crippen MR) is 132 cm³/mol. The fourth-order valence-electron chi connectivity index (χ4n) is 4.22. The monoisotopic (exact) mass is 465 g/mol. The summed E-state index contributed by atoms with van der Waals surface area (Å²) >= 11 is 1.75. The summed E-state index contributed by atoms with van der Waals surface area (Å²) in [5, 5.41) is 4.12. The van der Waals surface area contributed by atoms with E-state index in [0.29, 0.717) is 31.2 Å². The Hall–Kier alpha value is -2.93. The summed E-state index contributed by atoms with van der Waals surface area (Å²) in [5.41, 5.74) is 1.57. The number of carbonyl (C=O) groups excluding carboxylic acids is 2. The van der Waals surface area contributed by atoms with E-state index in [0.717, 1.165) is 29.1 Å². The lowest BCUT2D eigenvalue weighted by Gasteiger charge is -2.35. The van der Waals surface area contributed by atoms with Crippen LogP contribution in [-0.4, -0.2) is 47.4 Å². The smallest absolute Gasteiger partial charge is 0.251 e. The molecule has 4 rings (SSSR count). The Kier molecular flexibility index (Phi) is 7.28. The molecule has 2 heterocycles. The van der Waals surface area contributed by atoms with Gasteiger partial charge in [0.05, 0.1) is 21.8 Å². The number of piperidine rings is 1. The van der Waals surface area contributed by atoms with Gasteiger partial charge in [-0.15, -0.1) is 11.3 Å². The summed E-state index contributed by atoms with van der Waals surface area (Å²) in [6, 6.07) is 14.7. The zero-order valence-electron chi connectivity index (χ0n) is 19.4. The Morgan fingerprint density at radius 2 is 1.82 bits per heavy atom. The number of fused-ring (bicyclic) bond motifs is 1. The summed E-state index contributed by atoms with van der Waals surface area (Å²) in [4.78, 5) is 32.8. The number of aromatic nitrogens is 1. The van der Waals surface area contributed by atoms with Crippen molar-refractivity contribution in [3.8, 4) is 5.75 Å². The number of rotatable bonds is 7. The molecule has 33 heavy (non-hydrogen) atoms. The number of thiazole rings is 1. The Balaban J connectivity index is 1.37. The Morgan fingerprint density at radius 3 is 2.45 bits per heavy atom. The number of amides is 2. The van der Waals surface area contributed by atoms with Crippen LogP contribution in [0, 0.1) is 5.92 Å². The molecule has 1 saturated heterocycles. The number of carbonyl (C=O) groups is 2. The van der Waals surface area contributed by atoms with Gasteiger partial charge in [0.25, 0.3) is 5.91 Å². The third-order valence-electron chi connectivity index (χ3n) is 6.11. The average Bonchev–Trinajstić information content (AvgIpc) is 3.27. The van der Waals surface area contributed by atoms with Crippen molar-refractivity contribution in [3.05, 3.63) is 59.1 Å². The second kappa shape index (κ2) is 10.3. The topological polar surface area (TPSA) is 71.5 Å². The van der Waals surface area contributed by atoms with Gasteiger partial charge in [0.15, 0.2) is 0 Å². The third-order valence-corrected chi connectivity index (χ3v) is 7.31. The van der Waals surface area contributed by atoms with Crippen LogP contribution in [0.1, 0.15) is 54.9 Å². The number of nitrogens with zero attached hydrogens (tertiary/aromatic N) is 2. The van der Waals surface area contributed by atoms with Gasteiger partial charge in [0, 0.05) is 24.6 Å². The number of hydrogen-bond donors (Lipinski definition) is 1. The molecule has 3 aromatic rings. The van der Waals surface area contributed by atoms with E-state index in [-0.39, 0.29) is 17.7 Å². The van der Waals surface area contributed by atoms with Gasteiger partial charge in [-0.25, -0.2) is 4.98 Å². The average molecular weight is 466 g/mol. The summed E-state index contributed by atoms with van der Waals surface area (Å²) in [6.45, 7) is 7.79. The molecule has 0 radical (unpaired) electrons. The number of ether oxygens (including phenoxy) is 1. The Bertz CT molecular complexity index is 1070. The maximum atomic E-state index is 13.3. The first-order chi connectivity index (χ1) is 16.0.